The van der Waals surface area contributed by atoms with Crippen molar-refractivity contribution in [2.75, 3.05) is 25.5 Å². The third kappa shape index (κ3) is 10.6. The molecule has 1 heterocycles. The first kappa shape index (κ1) is 34.0. The lowest BCUT2D eigenvalue weighted by atomic mass is 9.99. The average molecular weight is 622 g/mol. The summed E-state index contributed by atoms with van der Waals surface area (Å²) in [6.45, 7) is 0.796. The number of amides is 2. The number of anilines is 1. The number of phenols is 1. The van der Waals surface area contributed by atoms with Crippen molar-refractivity contribution < 1.29 is 39.6 Å². The molecule has 0 aromatic heterocycles. The van der Waals surface area contributed by atoms with Gasteiger partial charge in [-0.05, 0) is 60.8 Å². The number of likely N-dealkylation sites (N-methyl/N-ethyl adjacent to an activating group) is 1. The van der Waals surface area contributed by atoms with Crippen LogP contribution in [0.15, 0.2) is 72.8 Å². The zero-order chi connectivity index (χ0) is 32.2. The van der Waals surface area contributed by atoms with E-state index in [9.17, 15) is 24.9 Å². The molecular formula is C34H43N3O8. The first-order valence-corrected chi connectivity index (χ1v) is 15.2. The zero-order valence-corrected chi connectivity index (χ0v) is 25.5. The fourth-order valence-corrected chi connectivity index (χ4v) is 5.38. The fourth-order valence-electron chi connectivity index (χ4n) is 5.38. The van der Waals surface area contributed by atoms with Crippen LogP contribution < -0.4 is 10.8 Å². The first-order valence-electron chi connectivity index (χ1n) is 15.2. The van der Waals surface area contributed by atoms with Crippen molar-refractivity contribution in [1.29, 1.82) is 0 Å². The summed E-state index contributed by atoms with van der Waals surface area (Å²) < 4.78 is 12.9. The molecule has 6 N–H and O–H groups in total. The normalized spacial score (nSPS) is 18.8. The monoisotopic (exact) mass is 621 g/mol. The Morgan fingerprint density at radius 3 is 2.38 bits per heavy atom. The third-order valence-electron chi connectivity index (χ3n) is 7.74. The average Bonchev–Trinajstić information content (AvgIpc) is 3.04. The number of ether oxygens (including phenoxy) is 2. The number of phenolic OH excluding ortho intramolecular Hbond substituents is 1. The van der Waals surface area contributed by atoms with E-state index in [-0.39, 0.29) is 36.9 Å². The maximum Gasteiger partial charge on any atom is 0.243 e. The molecule has 1 aliphatic heterocycles. The first-order chi connectivity index (χ1) is 21.7. The molecular weight excluding hydrogens is 578 g/mol. The van der Waals surface area contributed by atoms with Crippen LogP contribution in [0.1, 0.15) is 79.3 Å². The van der Waals surface area contributed by atoms with Crippen LogP contribution in [-0.4, -0.2) is 63.5 Å². The second kappa shape index (κ2) is 17.0. The van der Waals surface area contributed by atoms with Gasteiger partial charge in [-0.25, -0.2) is 5.48 Å². The maximum absolute atomic E-state index is 12.6. The smallest absolute Gasteiger partial charge is 0.243 e. The quantitative estimate of drug-likeness (QED) is 0.0816. The van der Waals surface area contributed by atoms with Gasteiger partial charge in [0.25, 0.3) is 0 Å². The van der Waals surface area contributed by atoms with Crippen molar-refractivity contribution in [2.24, 2.45) is 0 Å². The summed E-state index contributed by atoms with van der Waals surface area (Å²) in [7, 11) is 1.91. The maximum atomic E-state index is 12.6. The van der Waals surface area contributed by atoms with E-state index in [2.05, 4.69) is 5.32 Å². The van der Waals surface area contributed by atoms with Crippen molar-refractivity contribution in [3.8, 4) is 5.75 Å². The largest absolute Gasteiger partial charge is 0.508 e. The molecule has 0 spiro atoms. The van der Waals surface area contributed by atoms with E-state index in [0.29, 0.717) is 56.4 Å². The zero-order valence-electron chi connectivity index (χ0n) is 25.5. The van der Waals surface area contributed by atoms with Gasteiger partial charge >= 0.3 is 0 Å². The summed E-state index contributed by atoms with van der Waals surface area (Å²) >= 11 is 0. The lowest BCUT2D eigenvalue weighted by molar-refractivity contribution is -0.252. The van der Waals surface area contributed by atoms with E-state index >= 15 is 0 Å². The van der Waals surface area contributed by atoms with Crippen LogP contribution in [0.25, 0.3) is 0 Å². The second-order valence-corrected chi connectivity index (χ2v) is 11.5. The van der Waals surface area contributed by atoms with Gasteiger partial charge in [0, 0.05) is 43.6 Å². The Kier molecular flexibility index (Phi) is 12.9. The van der Waals surface area contributed by atoms with Crippen LogP contribution in [0.3, 0.4) is 0 Å². The summed E-state index contributed by atoms with van der Waals surface area (Å²) in [5.41, 5.74) is 5.34. The van der Waals surface area contributed by atoms with Crippen LogP contribution in [0.2, 0.25) is 0 Å². The number of unbranched alkanes of at least 4 members (excludes halogenated alkanes) is 2. The number of hydroxylamine groups is 1. The van der Waals surface area contributed by atoms with Gasteiger partial charge in [0.2, 0.25) is 11.8 Å². The number of carbonyl (C=O) groups is 2. The highest BCUT2D eigenvalue weighted by Crippen LogP contribution is 2.38. The molecule has 4 rings (SSSR count). The van der Waals surface area contributed by atoms with Crippen molar-refractivity contribution >= 4 is 17.5 Å². The van der Waals surface area contributed by atoms with Gasteiger partial charge in [-0.2, -0.15) is 0 Å². The van der Waals surface area contributed by atoms with E-state index < -0.39 is 18.3 Å². The molecule has 1 aliphatic rings. The molecule has 2 amide bonds. The molecule has 11 heteroatoms. The Labute approximate surface area is 263 Å². The number of nitrogens with one attached hydrogen (secondary N) is 2. The number of rotatable bonds is 15. The summed E-state index contributed by atoms with van der Waals surface area (Å²) in [4.78, 5) is 25.7. The second-order valence-electron chi connectivity index (χ2n) is 11.5. The Morgan fingerprint density at radius 1 is 0.933 bits per heavy atom. The van der Waals surface area contributed by atoms with Crippen LogP contribution in [0, 0.1) is 0 Å². The number of carbonyl (C=O) groups excluding carboxylic acids is 2. The van der Waals surface area contributed by atoms with E-state index in [0.717, 1.165) is 16.7 Å². The minimum Gasteiger partial charge on any atom is -0.508 e. The summed E-state index contributed by atoms with van der Waals surface area (Å²) in [5, 5.41) is 41.6. The number of aliphatic hydroxyl groups excluding tert-OH is 2. The molecule has 0 radical (unpaired) electrons. The highest BCUT2D eigenvalue weighted by Gasteiger charge is 2.33. The summed E-state index contributed by atoms with van der Waals surface area (Å²) in [6.07, 6.45) is 0.912. The number of hydrogen-bond donors (Lipinski definition) is 6. The topological polar surface area (TPSA) is 161 Å². The molecule has 0 saturated carbocycles. The van der Waals surface area contributed by atoms with E-state index in [4.69, 9.17) is 14.7 Å². The van der Waals surface area contributed by atoms with Gasteiger partial charge in [0.1, 0.15) is 5.75 Å². The molecule has 3 aromatic carbocycles. The number of nitrogens with zero attached hydrogens (tertiary/aromatic N) is 1. The number of benzene rings is 3. The van der Waals surface area contributed by atoms with Crippen molar-refractivity contribution in [1.82, 2.24) is 10.4 Å². The minimum atomic E-state index is -0.792. The number of hydrogen-bond acceptors (Lipinski definition) is 9. The molecule has 1 saturated heterocycles. The van der Waals surface area contributed by atoms with Crippen molar-refractivity contribution in [3.63, 3.8) is 0 Å². The Morgan fingerprint density at radius 2 is 1.67 bits per heavy atom. The van der Waals surface area contributed by atoms with Gasteiger partial charge < -0.3 is 35.0 Å². The van der Waals surface area contributed by atoms with Crippen LogP contribution in [0.5, 0.6) is 5.75 Å². The van der Waals surface area contributed by atoms with Crippen LogP contribution in [0.4, 0.5) is 5.69 Å². The predicted octanol–water partition coefficient (Wildman–Crippen LogP) is 4.49. The Hall–Kier alpha value is -3.84. The van der Waals surface area contributed by atoms with Gasteiger partial charge in [-0.3, -0.25) is 14.8 Å². The molecule has 45 heavy (non-hydrogen) atoms. The summed E-state index contributed by atoms with van der Waals surface area (Å²) in [5.74, 6) is -0.480. The van der Waals surface area contributed by atoms with Gasteiger partial charge in [-0.15, -0.1) is 0 Å². The van der Waals surface area contributed by atoms with Gasteiger partial charge in [0.05, 0.1) is 24.9 Å². The lowest BCUT2D eigenvalue weighted by Crippen LogP contribution is -2.39. The standard InChI is InChI=1S/C34H43N3O8/c1-37(21-30(40)25-7-6-10-28(39)18-25)20-29-19-31(24-15-13-23(22-38)14-16-24)45-34(44-29)26-8-5-9-27(17-26)35-32(41)11-3-2-4-12-33(42)36-43/h5-10,13-18,29-31,34,38-40,43H,2-4,11-12,19-22H2,1H3,(H,35,41)(H,36,42)/t29-,30-,31+,34+/m1/s1. The fraction of sp³-hybridized carbons (Fsp3) is 0.412. The molecule has 0 unspecified atom stereocenters. The number of aliphatic hydroxyl groups is 2. The molecule has 3 aromatic rings. The molecule has 0 bridgehead atoms. The van der Waals surface area contributed by atoms with E-state index in [1.165, 1.54) is 0 Å². The highest BCUT2D eigenvalue weighted by molar-refractivity contribution is 5.90. The van der Waals surface area contributed by atoms with E-state index in [1.807, 2.05) is 54.4 Å². The van der Waals surface area contributed by atoms with Crippen LogP contribution >= 0.6 is 0 Å². The molecule has 1 fully saturated rings. The minimum absolute atomic E-state index is 0.0497. The Balaban J connectivity index is 1.42. The molecule has 11 nitrogen and oxygen atoms in total. The van der Waals surface area contributed by atoms with Crippen LogP contribution in [-0.2, 0) is 25.7 Å². The summed E-state index contributed by atoms with van der Waals surface area (Å²) in [6, 6.07) is 21.6. The Bertz CT molecular complexity index is 1390. The molecule has 0 aliphatic carbocycles. The van der Waals surface area contributed by atoms with Crippen molar-refractivity contribution in [2.45, 2.75) is 69.7 Å². The molecule has 242 valence electrons. The van der Waals surface area contributed by atoms with Gasteiger partial charge in [0.15, 0.2) is 6.29 Å². The number of aromatic hydroxyl groups is 1. The highest BCUT2D eigenvalue weighted by atomic mass is 16.7. The molecule has 4 atom stereocenters. The predicted molar refractivity (Wildman–Crippen MR) is 167 cm³/mol. The van der Waals surface area contributed by atoms with E-state index in [1.54, 1.807) is 35.8 Å². The van der Waals surface area contributed by atoms with Gasteiger partial charge in [-0.1, -0.05) is 55.0 Å². The third-order valence-corrected chi connectivity index (χ3v) is 7.74. The lowest BCUT2D eigenvalue weighted by Gasteiger charge is -2.38. The van der Waals surface area contributed by atoms with Crippen molar-refractivity contribution in [3.05, 3.63) is 95.1 Å². The SMILES string of the molecule is CN(C[C@H]1C[C@@H](c2ccc(CO)cc2)O[C@@H](c2cccc(NC(=O)CCCCCC(=O)NO)c2)O1)C[C@@H](O)c1cccc(O)c1.